The van der Waals surface area contributed by atoms with Gasteiger partial charge in [0.2, 0.25) is 0 Å². The van der Waals surface area contributed by atoms with Gasteiger partial charge in [0.05, 0.1) is 19.4 Å². The summed E-state index contributed by atoms with van der Waals surface area (Å²) < 4.78 is 5.49. The number of rotatable bonds is 7. The molecule has 2 aromatic carbocycles. The number of benzene rings is 2. The van der Waals surface area contributed by atoms with Crippen LogP contribution in [0.2, 0.25) is 5.02 Å². The standard InChI is InChI=1S/C18H20ClN3O2/c1-3-24-17-9-6-15(19)10-14(17)11-21-22-18(23)12-20-16-7-4-13(2)5-8-16/h4-11,20H,3,12H2,1-2H3,(H,22,23)/b21-11-. The summed E-state index contributed by atoms with van der Waals surface area (Å²) in [6.45, 7) is 4.58. The fourth-order valence-corrected chi connectivity index (χ4v) is 2.15. The number of ether oxygens (including phenoxy) is 1. The molecule has 0 saturated heterocycles. The average molecular weight is 346 g/mol. The van der Waals surface area contributed by atoms with Gasteiger partial charge in [0.1, 0.15) is 5.75 Å². The van der Waals surface area contributed by atoms with Crippen molar-refractivity contribution in [3.63, 3.8) is 0 Å². The highest BCUT2D eigenvalue weighted by Crippen LogP contribution is 2.21. The van der Waals surface area contributed by atoms with E-state index in [0.29, 0.717) is 22.9 Å². The number of nitrogens with zero attached hydrogens (tertiary/aromatic N) is 1. The number of hydrogen-bond donors (Lipinski definition) is 2. The van der Waals surface area contributed by atoms with Gasteiger partial charge in [-0.3, -0.25) is 4.79 Å². The van der Waals surface area contributed by atoms with Crippen LogP contribution in [-0.2, 0) is 4.79 Å². The molecule has 2 aromatic rings. The van der Waals surface area contributed by atoms with Gasteiger partial charge in [-0.25, -0.2) is 5.43 Å². The number of amides is 1. The van der Waals surface area contributed by atoms with Crippen LogP contribution in [0.5, 0.6) is 5.75 Å². The van der Waals surface area contributed by atoms with E-state index in [4.69, 9.17) is 16.3 Å². The second-order valence-corrected chi connectivity index (χ2v) is 5.56. The molecule has 1 amide bonds. The van der Waals surface area contributed by atoms with Gasteiger partial charge in [-0.1, -0.05) is 29.3 Å². The lowest BCUT2D eigenvalue weighted by molar-refractivity contribution is -0.119. The van der Waals surface area contributed by atoms with Crippen molar-refractivity contribution in [2.24, 2.45) is 5.10 Å². The molecule has 0 aliphatic carbocycles. The monoisotopic (exact) mass is 345 g/mol. The molecule has 0 bridgehead atoms. The molecular formula is C18H20ClN3O2. The van der Waals surface area contributed by atoms with E-state index in [1.54, 1.807) is 18.2 Å². The second-order valence-electron chi connectivity index (χ2n) is 5.13. The summed E-state index contributed by atoms with van der Waals surface area (Å²) in [6.07, 6.45) is 1.51. The van der Waals surface area contributed by atoms with Crippen molar-refractivity contribution in [3.05, 3.63) is 58.6 Å². The number of nitrogens with one attached hydrogen (secondary N) is 2. The number of aryl methyl sites for hydroxylation is 1. The summed E-state index contributed by atoms with van der Waals surface area (Å²) in [7, 11) is 0. The van der Waals surface area contributed by atoms with Gasteiger partial charge in [-0.15, -0.1) is 0 Å². The van der Waals surface area contributed by atoms with Crippen LogP contribution in [0.15, 0.2) is 47.6 Å². The smallest absolute Gasteiger partial charge is 0.259 e. The van der Waals surface area contributed by atoms with Crippen LogP contribution in [-0.4, -0.2) is 25.3 Å². The van der Waals surface area contributed by atoms with Gasteiger partial charge < -0.3 is 10.1 Å². The number of hydrogen-bond acceptors (Lipinski definition) is 4. The quantitative estimate of drug-likeness (QED) is 0.595. The van der Waals surface area contributed by atoms with Gasteiger partial charge in [-0.05, 0) is 44.2 Å². The SMILES string of the molecule is CCOc1ccc(Cl)cc1/C=N\NC(=O)CNc1ccc(C)cc1. The maximum absolute atomic E-state index is 11.8. The van der Waals surface area contributed by atoms with Crippen LogP contribution in [0.4, 0.5) is 5.69 Å². The van der Waals surface area contributed by atoms with Crippen LogP contribution in [0.1, 0.15) is 18.1 Å². The van der Waals surface area contributed by atoms with Crippen molar-refractivity contribution in [1.82, 2.24) is 5.43 Å². The molecule has 0 heterocycles. The Morgan fingerprint density at radius 2 is 2.00 bits per heavy atom. The van der Waals surface area contributed by atoms with Crippen molar-refractivity contribution in [3.8, 4) is 5.75 Å². The van der Waals surface area contributed by atoms with E-state index in [2.05, 4.69) is 15.8 Å². The number of carbonyl (C=O) groups is 1. The van der Waals surface area contributed by atoms with Crippen LogP contribution in [0, 0.1) is 6.92 Å². The van der Waals surface area contributed by atoms with Crippen LogP contribution in [0.25, 0.3) is 0 Å². The number of hydrazone groups is 1. The summed E-state index contributed by atoms with van der Waals surface area (Å²) >= 11 is 5.97. The lowest BCUT2D eigenvalue weighted by atomic mass is 10.2. The molecule has 24 heavy (non-hydrogen) atoms. The topological polar surface area (TPSA) is 62.7 Å². The van der Waals surface area contributed by atoms with E-state index in [1.807, 2.05) is 38.1 Å². The number of carbonyl (C=O) groups excluding carboxylic acids is 1. The van der Waals surface area contributed by atoms with Gasteiger partial charge in [-0.2, -0.15) is 5.10 Å². The molecule has 5 nitrogen and oxygen atoms in total. The fraction of sp³-hybridized carbons (Fsp3) is 0.222. The third kappa shape index (κ3) is 5.59. The van der Waals surface area contributed by atoms with E-state index >= 15 is 0 Å². The summed E-state index contributed by atoms with van der Waals surface area (Å²) in [5, 5.41) is 7.55. The summed E-state index contributed by atoms with van der Waals surface area (Å²) in [5.74, 6) is 0.421. The third-order valence-corrected chi connectivity index (χ3v) is 3.40. The molecule has 2 rings (SSSR count). The minimum atomic E-state index is -0.244. The predicted molar refractivity (Wildman–Crippen MR) is 98.0 cm³/mol. The molecule has 0 saturated carbocycles. The van der Waals surface area contributed by atoms with E-state index < -0.39 is 0 Å². The first-order valence-electron chi connectivity index (χ1n) is 7.63. The highest BCUT2D eigenvalue weighted by Gasteiger charge is 2.03. The Bertz CT molecular complexity index is 715. The Labute approximate surface area is 146 Å². The minimum absolute atomic E-state index is 0.133. The third-order valence-electron chi connectivity index (χ3n) is 3.17. The zero-order valence-electron chi connectivity index (χ0n) is 13.7. The number of halogens is 1. The minimum Gasteiger partial charge on any atom is -0.493 e. The molecule has 0 aliphatic rings. The van der Waals surface area contributed by atoms with Crippen LogP contribution >= 0.6 is 11.6 Å². The lowest BCUT2D eigenvalue weighted by Gasteiger charge is -2.07. The van der Waals surface area contributed by atoms with Gasteiger partial charge in [0.25, 0.3) is 5.91 Å². The van der Waals surface area contributed by atoms with Gasteiger partial charge >= 0.3 is 0 Å². The van der Waals surface area contributed by atoms with Crippen molar-refractivity contribution < 1.29 is 9.53 Å². The summed E-state index contributed by atoms with van der Waals surface area (Å²) in [5.41, 5.74) is 5.23. The lowest BCUT2D eigenvalue weighted by Crippen LogP contribution is -2.25. The summed E-state index contributed by atoms with van der Waals surface area (Å²) in [4.78, 5) is 11.8. The number of anilines is 1. The molecule has 0 fully saturated rings. The predicted octanol–water partition coefficient (Wildman–Crippen LogP) is 3.61. The Balaban J connectivity index is 1.88. The first kappa shape index (κ1) is 17.8. The van der Waals surface area contributed by atoms with Crippen molar-refractivity contribution in [2.45, 2.75) is 13.8 Å². The van der Waals surface area contributed by atoms with Crippen LogP contribution < -0.4 is 15.5 Å². The Kier molecular flexibility index (Phi) is 6.63. The molecule has 0 spiro atoms. The molecule has 0 radical (unpaired) electrons. The van der Waals surface area contributed by atoms with Crippen molar-refractivity contribution >= 4 is 29.4 Å². The zero-order valence-corrected chi connectivity index (χ0v) is 14.4. The largest absolute Gasteiger partial charge is 0.493 e. The molecule has 2 N–H and O–H groups in total. The molecule has 0 aromatic heterocycles. The zero-order chi connectivity index (χ0) is 17.4. The van der Waals surface area contributed by atoms with E-state index in [-0.39, 0.29) is 12.5 Å². The first-order valence-corrected chi connectivity index (χ1v) is 8.01. The highest BCUT2D eigenvalue weighted by atomic mass is 35.5. The van der Waals surface area contributed by atoms with Gasteiger partial charge in [0, 0.05) is 16.3 Å². The fourth-order valence-electron chi connectivity index (χ4n) is 1.97. The van der Waals surface area contributed by atoms with Crippen molar-refractivity contribution in [1.29, 1.82) is 0 Å². The Hall–Kier alpha value is -2.53. The van der Waals surface area contributed by atoms with Crippen molar-refractivity contribution in [2.75, 3.05) is 18.5 Å². The van der Waals surface area contributed by atoms with E-state index in [9.17, 15) is 4.79 Å². The first-order chi connectivity index (χ1) is 11.6. The Morgan fingerprint density at radius 3 is 2.71 bits per heavy atom. The van der Waals surface area contributed by atoms with Gasteiger partial charge in [0.15, 0.2) is 0 Å². The molecule has 0 aliphatic heterocycles. The molecule has 0 atom stereocenters. The van der Waals surface area contributed by atoms with E-state index in [0.717, 1.165) is 5.69 Å². The maximum atomic E-state index is 11.8. The summed E-state index contributed by atoms with van der Waals surface area (Å²) in [6, 6.07) is 13.0. The van der Waals surface area contributed by atoms with E-state index in [1.165, 1.54) is 11.8 Å². The molecule has 126 valence electrons. The normalized spacial score (nSPS) is 10.6. The molecule has 6 heteroatoms. The highest BCUT2D eigenvalue weighted by molar-refractivity contribution is 6.30. The second kappa shape index (κ2) is 8.93. The maximum Gasteiger partial charge on any atom is 0.259 e. The molecule has 0 unspecified atom stereocenters. The average Bonchev–Trinajstić information content (AvgIpc) is 2.57. The van der Waals surface area contributed by atoms with Crippen LogP contribution in [0.3, 0.4) is 0 Å². The Morgan fingerprint density at radius 1 is 1.25 bits per heavy atom. The molecular weight excluding hydrogens is 326 g/mol.